The van der Waals surface area contributed by atoms with Crippen LogP contribution in [0.15, 0.2) is 21.9 Å². The van der Waals surface area contributed by atoms with Gasteiger partial charge in [-0.25, -0.2) is 0 Å². The Morgan fingerprint density at radius 3 is 1.52 bits per heavy atom. The largest absolute Gasteiger partial charge is 0.495 e. The van der Waals surface area contributed by atoms with Gasteiger partial charge in [0.25, 0.3) is 20.2 Å². The third-order valence-electron chi connectivity index (χ3n) is 1.98. The van der Waals surface area contributed by atoms with E-state index in [-0.39, 0.29) is 6.07 Å². The molecule has 0 saturated carbocycles. The molecule has 0 heterocycles. The molecule has 3 N–H and O–H groups in total. The van der Waals surface area contributed by atoms with Crippen molar-refractivity contribution in [1.29, 1.82) is 0 Å². The Labute approximate surface area is 119 Å². The molecule has 0 unspecified atom stereocenters. The van der Waals surface area contributed by atoms with E-state index < -0.39 is 51.9 Å². The average molecular weight is 364 g/mol. The van der Waals surface area contributed by atoms with Gasteiger partial charge in [-0.3, -0.25) is 13.7 Å². The van der Waals surface area contributed by atoms with Crippen molar-refractivity contribution < 1.29 is 47.8 Å². The highest BCUT2D eigenvalue weighted by Crippen LogP contribution is 2.35. The SMILES string of the molecule is COc1cc(S(=O)(=O)O)c(OS(=O)(=O)O)cc1S(=O)(=O)O. The average Bonchev–Trinajstić information content (AvgIpc) is 2.23. The van der Waals surface area contributed by atoms with Gasteiger partial charge in [-0.2, -0.15) is 25.3 Å². The molecule has 0 amide bonds. The Morgan fingerprint density at radius 2 is 1.19 bits per heavy atom. The van der Waals surface area contributed by atoms with Gasteiger partial charge in [-0.1, -0.05) is 0 Å². The first-order valence-corrected chi connectivity index (χ1v) is 8.84. The summed E-state index contributed by atoms with van der Waals surface area (Å²) in [7, 11) is -14.3. The Kier molecular flexibility index (Phi) is 4.52. The van der Waals surface area contributed by atoms with Crippen molar-refractivity contribution in [2.45, 2.75) is 9.79 Å². The molecule has 11 nitrogen and oxygen atoms in total. The van der Waals surface area contributed by atoms with Gasteiger partial charge in [0, 0.05) is 12.1 Å². The van der Waals surface area contributed by atoms with Crippen molar-refractivity contribution >= 4 is 30.6 Å². The second-order valence-electron chi connectivity index (χ2n) is 3.41. The third kappa shape index (κ3) is 4.51. The Bertz CT molecular complexity index is 863. The lowest BCUT2D eigenvalue weighted by molar-refractivity contribution is 0.373. The van der Waals surface area contributed by atoms with E-state index in [1.54, 1.807) is 0 Å². The Balaban J connectivity index is 3.82. The van der Waals surface area contributed by atoms with Crippen LogP contribution in [-0.4, -0.2) is 46.0 Å². The maximum Gasteiger partial charge on any atom is 0.446 e. The van der Waals surface area contributed by atoms with E-state index >= 15 is 0 Å². The molecule has 1 rings (SSSR count). The fourth-order valence-electron chi connectivity index (χ4n) is 1.26. The fourth-order valence-corrected chi connectivity index (χ4v) is 2.94. The van der Waals surface area contributed by atoms with Crippen molar-refractivity contribution in [3.63, 3.8) is 0 Å². The minimum Gasteiger partial charge on any atom is -0.495 e. The molecule has 0 radical (unpaired) electrons. The molecule has 0 aliphatic rings. The molecule has 0 saturated heterocycles. The molecular formula is C7H8O11S3. The van der Waals surface area contributed by atoms with Crippen LogP contribution in [0.1, 0.15) is 0 Å². The van der Waals surface area contributed by atoms with Gasteiger partial charge in [-0.05, 0) is 0 Å². The van der Waals surface area contributed by atoms with Gasteiger partial charge in [-0.15, -0.1) is 0 Å². The summed E-state index contributed by atoms with van der Waals surface area (Å²) >= 11 is 0. The highest BCUT2D eigenvalue weighted by molar-refractivity contribution is 7.86. The monoisotopic (exact) mass is 364 g/mol. The van der Waals surface area contributed by atoms with Crippen LogP contribution in [0.25, 0.3) is 0 Å². The molecule has 0 atom stereocenters. The Hall–Kier alpha value is -1.45. The molecule has 14 heteroatoms. The quantitative estimate of drug-likeness (QED) is 0.565. The molecule has 1 aromatic carbocycles. The van der Waals surface area contributed by atoms with Gasteiger partial charge in [0.15, 0.2) is 5.75 Å². The molecule has 0 spiro atoms. The van der Waals surface area contributed by atoms with Gasteiger partial charge < -0.3 is 8.92 Å². The van der Waals surface area contributed by atoms with Crippen molar-refractivity contribution in [1.82, 2.24) is 0 Å². The predicted molar refractivity (Wildman–Crippen MR) is 64.8 cm³/mol. The summed E-state index contributed by atoms with van der Waals surface area (Å²) in [5, 5.41) is 0. The van der Waals surface area contributed by atoms with E-state index in [0.29, 0.717) is 6.07 Å². The lowest BCUT2D eigenvalue weighted by Gasteiger charge is -2.11. The topological polar surface area (TPSA) is 182 Å². The van der Waals surface area contributed by atoms with Crippen LogP contribution in [0.2, 0.25) is 0 Å². The molecule has 21 heavy (non-hydrogen) atoms. The van der Waals surface area contributed by atoms with Crippen LogP contribution in [0.4, 0.5) is 0 Å². The molecule has 120 valence electrons. The van der Waals surface area contributed by atoms with E-state index in [2.05, 4.69) is 8.92 Å². The first-order valence-electron chi connectivity index (χ1n) is 4.59. The normalized spacial score (nSPS) is 13.0. The van der Waals surface area contributed by atoms with Crippen LogP contribution in [0.5, 0.6) is 11.5 Å². The van der Waals surface area contributed by atoms with Gasteiger partial charge in [0.1, 0.15) is 15.5 Å². The van der Waals surface area contributed by atoms with E-state index in [4.69, 9.17) is 13.7 Å². The van der Waals surface area contributed by atoms with E-state index in [9.17, 15) is 25.3 Å². The predicted octanol–water partition coefficient (Wildman–Crippen LogP) is -0.630. The zero-order chi connectivity index (χ0) is 16.6. The van der Waals surface area contributed by atoms with Crippen LogP contribution in [0, 0.1) is 0 Å². The first kappa shape index (κ1) is 17.6. The number of ether oxygens (including phenoxy) is 1. The van der Waals surface area contributed by atoms with Gasteiger partial charge >= 0.3 is 10.4 Å². The summed E-state index contributed by atoms with van der Waals surface area (Å²) in [5.74, 6) is -1.97. The number of rotatable bonds is 5. The van der Waals surface area contributed by atoms with Gasteiger partial charge in [0.05, 0.1) is 7.11 Å². The summed E-state index contributed by atoms with van der Waals surface area (Å²) < 4.78 is 100. The van der Waals surface area contributed by atoms with Crippen molar-refractivity contribution in [2.75, 3.05) is 7.11 Å². The van der Waals surface area contributed by atoms with Crippen LogP contribution in [0.3, 0.4) is 0 Å². The van der Waals surface area contributed by atoms with Crippen LogP contribution < -0.4 is 8.92 Å². The fraction of sp³-hybridized carbons (Fsp3) is 0.143. The van der Waals surface area contributed by atoms with E-state index in [1.165, 1.54) is 0 Å². The summed E-state index contributed by atoms with van der Waals surface area (Å²) in [4.78, 5) is -2.25. The van der Waals surface area contributed by atoms with Crippen LogP contribution >= 0.6 is 0 Å². The highest BCUT2D eigenvalue weighted by Gasteiger charge is 2.27. The minimum atomic E-state index is -5.23. The second kappa shape index (κ2) is 5.39. The van der Waals surface area contributed by atoms with Gasteiger partial charge in [0.2, 0.25) is 0 Å². The maximum absolute atomic E-state index is 11.1. The lowest BCUT2D eigenvalue weighted by Crippen LogP contribution is -2.12. The first-order chi connectivity index (χ1) is 9.25. The van der Waals surface area contributed by atoms with Crippen molar-refractivity contribution in [2.24, 2.45) is 0 Å². The van der Waals surface area contributed by atoms with E-state index in [0.717, 1.165) is 7.11 Å². The summed E-state index contributed by atoms with van der Waals surface area (Å²) in [6.45, 7) is 0. The maximum atomic E-state index is 11.1. The van der Waals surface area contributed by atoms with Crippen molar-refractivity contribution in [3.8, 4) is 11.5 Å². The molecule has 0 bridgehead atoms. The molecular weight excluding hydrogens is 356 g/mol. The van der Waals surface area contributed by atoms with E-state index in [1.807, 2.05) is 0 Å². The molecule has 0 aromatic heterocycles. The number of hydrogen-bond donors (Lipinski definition) is 3. The summed E-state index contributed by atoms with van der Waals surface area (Å²) in [6.07, 6.45) is 0. The molecule has 0 aliphatic heterocycles. The summed E-state index contributed by atoms with van der Waals surface area (Å²) in [6, 6.07) is 0.629. The zero-order valence-corrected chi connectivity index (χ0v) is 12.4. The molecule has 0 fully saturated rings. The molecule has 1 aromatic rings. The minimum absolute atomic E-state index is 0.241. The smallest absolute Gasteiger partial charge is 0.446 e. The Morgan fingerprint density at radius 1 is 0.810 bits per heavy atom. The lowest BCUT2D eigenvalue weighted by atomic mass is 10.3. The highest BCUT2D eigenvalue weighted by atomic mass is 32.3. The summed E-state index contributed by atoms with van der Waals surface area (Å²) in [5.41, 5.74) is 0. The van der Waals surface area contributed by atoms with Crippen LogP contribution in [-0.2, 0) is 30.6 Å². The standard InChI is InChI=1S/C7H8O11S3/c1-17-4-2-7(20(11,12)13)5(18-21(14,15)16)3-6(4)19(8,9)10/h2-3H,1H3,(H,8,9,10)(H,11,12,13)(H,14,15,16). The third-order valence-corrected chi connectivity index (χ3v) is 4.12. The number of methoxy groups -OCH3 is 1. The number of benzene rings is 1. The zero-order valence-electron chi connectivity index (χ0n) is 9.99. The second-order valence-corrected chi connectivity index (χ2v) is 7.21. The number of hydrogen-bond acceptors (Lipinski definition) is 8. The van der Waals surface area contributed by atoms with Crippen molar-refractivity contribution in [3.05, 3.63) is 12.1 Å². The molecule has 0 aliphatic carbocycles.